The van der Waals surface area contributed by atoms with Gasteiger partial charge in [-0.3, -0.25) is 10.0 Å². The minimum atomic E-state index is -0.483. The SMILES string of the molecule is CN(O)C(=O)C(C)(C)C. The lowest BCUT2D eigenvalue weighted by molar-refractivity contribution is -0.168. The van der Waals surface area contributed by atoms with E-state index < -0.39 is 5.41 Å². The largest absolute Gasteiger partial charge is 0.286 e. The highest BCUT2D eigenvalue weighted by Gasteiger charge is 2.23. The Morgan fingerprint density at radius 2 is 1.78 bits per heavy atom. The van der Waals surface area contributed by atoms with Crippen LogP contribution in [0.15, 0.2) is 0 Å². The number of hydrogen-bond donors (Lipinski definition) is 1. The molecule has 0 rings (SSSR count). The normalized spacial score (nSPS) is 11.2. The average molecular weight is 131 g/mol. The fourth-order valence-corrected chi connectivity index (χ4v) is 0.485. The maximum absolute atomic E-state index is 10.8. The van der Waals surface area contributed by atoms with Crippen LogP contribution in [-0.2, 0) is 4.79 Å². The third-order valence-corrected chi connectivity index (χ3v) is 0.936. The van der Waals surface area contributed by atoms with Crippen LogP contribution in [0.5, 0.6) is 0 Å². The van der Waals surface area contributed by atoms with Crippen LogP contribution in [0.2, 0.25) is 0 Å². The molecule has 0 aromatic rings. The van der Waals surface area contributed by atoms with Crippen molar-refractivity contribution in [2.24, 2.45) is 5.41 Å². The highest BCUT2D eigenvalue weighted by atomic mass is 16.5. The molecule has 0 atom stereocenters. The lowest BCUT2D eigenvalue weighted by atomic mass is 9.96. The van der Waals surface area contributed by atoms with E-state index in [2.05, 4.69) is 0 Å². The van der Waals surface area contributed by atoms with Crippen molar-refractivity contribution in [1.82, 2.24) is 5.06 Å². The summed E-state index contributed by atoms with van der Waals surface area (Å²) in [5, 5.41) is 9.25. The number of hydroxylamine groups is 2. The molecule has 0 aliphatic heterocycles. The molecule has 3 heteroatoms. The van der Waals surface area contributed by atoms with Gasteiger partial charge in [-0.25, -0.2) is 5.06 Å². The van der Waals surface area contributed by atoms with E-state index in [0.29, 0.717) is 5.06 Å². The van der Waals surface area contributed by atoms with Gasteiger partial charge in [-0.1, -0.05) is 20.8 Å². The molecule has 54 valence electrons. The highest BCUT2D eigenvalue weighted by molar-refractivity contribution is 5.80. The summed E-state index contributed by atoms with van der Waals surface area (Å²) in [5.41, 5.74) is -0.483. The van der Waals surface area contributed by atoms with Crippen LogP contribution in [0.3, 0.4) is 0 Å². The van der Waals surface area contributed by atoms with Gasteiger partial charge in [0.25, 0.3) is 5.91 Å². The number of rotatable bonds is 0. The fraction of sp³-hybridized carbons (Fsp3) is 0.833. The predicted octanol–water partition coefficient (Wildman–Crippen LogP) is 0.880. The average Bonchev–Trinajstić information content (AvgIpc) is 1.62. The molecule has 0 heterocycles. The lowest BCUT2D eigenvalue weighted by Crippen LogP contribution is -2.34. The van der Waals surface area contributed by atoms with Gasteiger partial charge in [0.05, 0.1) is 0 Å². The van der Waals surface area contributed by atoms with E-state index in [1.165, 1.54) is 7.05 Å². The Balaban J connectivity index is 4.06. The molecule has 0 saturated carbocycles. The van der Waals surface area contributed by atoms with Gasteiger partial charge in [0.2, 0.25) is 0 Å². The van der Waals surface area contributed by atoms with Gasteiger partial charge in [0.15, 0.2) is 0 Å². The van der Waals surface area contributed by atoms with Gasteiger partial charge in [-0.15, -0.1) is 0 Å². The summed E-state index contributed by atoms with van der Waals surface area (Å²) in [6, 6.07) is 0. The molecule has 1 N–H and O–H groups in total. The van der Waals surface area contributed by atoms with Crippen LogP contribution in [0.1, 0.15) is 20.8 Å². The second kappa shape index (κ2) is 2.35. The van der Waals surface area contributed by atoms with Crippen LogP contribution < -0.4 is 0 Å². The molecular weight excluding hydrogens is 118 g/mol. The molecule has 1 amide bonds. The minimum absolute atomic E-state index is 0.275. The van der Waals surface area contributed by atoms with Gasteiger partial charge >= 0.3 is 0 Å². The molecule has 0 aliphatic carbocycles. The van der Waals surface area contributed by atoms with Crippen molar-refractivity contribution in [3.05, 3.63) is 0 Å². The van der Waals surface area contributed by atoms with Crippen molar-refractivity contribution in [3.8, 4) is 0 Å². The van der Waals surface area contributed by atoms with Crippen LogP contribution in [0.4, 0.5) is 0 Å². The first-order valence-corrected chi connectivity index (χ1v) is 2.82. The first kappa shape index (κ1) is 8.43. The van der Waals surface area contributed by atoms with Crippen molar-refractivity contribution in [1.29, 1.82) is 0 Å². The summed E-state index contributed by atoms with van der Waals surface area (Å²) in [7, 11) is 1.33. The van der Waals surface area contributed by atoms with E-state index in [1.807, 2.05) is 0 Å². The topological polar surface area (TPSA) is 40.5 Å². The van der Waals surface area contributed by atoms with E-state index in [4.69, 9.17) is 5.21 Å². The van der Waals surface area contributed by atoms with Crippen molar-refractivity contribution in [2.45, 2.75) is 20.8 Å². The molecule has 0 radical (unpaired) electrons. The molecule has 0 spiro atoms. The number of nitrogens with zero attached hydrogens (tertiary/aromatic N) is 1. The van der Waals surface area contributed by atoms with Gasteiger partial charge in [0.1, 0.15) is 0 Å². The molecule has 0 bridgehead atoms. The summed E-state index contributed by atoms with van der Waals surface area (Å²) in [6.45, 7) is 5.26. The first-order valence-electron chi connectivity index (χ1n) is 2.82. The van der Waals surface area contributed by atoms with Crippen LogP contribution in [0.25, 0.3) is 0 Å². The molecule has 3 nitrogen and oxygen atoms in total. The van der Waals surface area contributed by atoms with E-state index in [-0.39, 0.29) is 5.91 Å². The zero-order chi connectivity index (χ0) is 7.65. The van der Waals surface area contributed by atoms with Crippen LogP contribution in [0, 0.1) is 5.41 Å². The number of hydrogen-bond acceptors (Lipinski definition) is 2. The van der Waals surface area contributed by atoms with Crippen molar-refractivity contribution in [3.63, 3.8) is 0 Å². The van der Waals surface area contributed by atoms with Crippen molar-refractivity contribution in [2.75, 3.05) is 7.05 Å². The second-order valence-electron chi connectivity index (χ2n) is 3.08. The molecule has 0 aromatic heterocycles. The highest BCUT2D eigenvalue weighted by Crippen LogP contribution is 2.14. The summed E-state index contributed by atoms with van der Waals surface area (Å²) < 4.78 is 0. The van der Waals surface area contributed by atoms with E-state index in [1.54, 1.807) is 20.8 Å². The Bertz CT molecular complexity index is 113. The quantitative estimate of drug-likeness (QED) is 0.391. The molecule has 0 aliphatic rings. The number of amides is 1. The predicted molar refractivity (Wildman–Crippen MR) is 34.0 cm³/mol. The van der Waals surface area contributed by atoms with Gasteiger partial charge < -0.3 is 0 Å². The molecule has 0 unspecified atom stereocenters. The summed E-state index contributed by atoms with van der Waals surface area (Å²) in [6.07, 6.45) is 0. The Labute approximate surface area is 55.2 Å². The molecular formula is C6H13NO2. The second-order valence-corrected chi connectivity index (χ2v) is 3.08. The first-order chi connectivity index (χ1) is 3.85. The minimum Gasteiger partial charge on any atom is -0.286 e. The Morgan fingerprint density at radius 3 is 1.78 bits per heavy atom. The third kappa shape index (κ3) is 2.46. The van der Waals surface area contributed by atoms with E-state index >= 15 is 0 Å². The van der Waals surface area contributed by atoms with Crippen molar-refractivity contribution < 1.29 is 10.0 Å². The summed E-state index contributed by atoms with van der Waals surface area (Å²) >= 11 is 0. The standard InChI is InChI=1S/C6H13NO2/c1-6(2,3)5(8)7(4)9/h9H,1-4H3. The summed E-state index contributed by atoms with van der Waals surface area (Å²) in [5.74, 6) is -0.275. The van der Waals surface area contributed by atoms with Crippen LogP contribution >= 0.6 is 0 Å². The third-order valence-electron chi connectivity index (χ3n) is 0.936. The summed E-state index contributed by atoms with van der Waals surface area (Å²) in [4.78, 5) is 10.8. The van der Waals surface area contributed by atoms with Crippen LogP contribution in [-0.4, -0.2) is 23.2 Å². The molecule has 9 heavy (non-hydrogen) atoms. The van der Waals surface area contributed by atoms with Gasteiger partial charge in [0, 0.05) is 12.5 Å². The monoisotopic (exact) mass is 131 g/mol. The van der Waals surface area contributed by atoms with E-state index in [0.717, 1.165) is 0 Å². The Morgan fingerprint density at radius 1 is 1.44 bits per heavy atom. The van der Waals surface area contributed by atoms with E-state index in [9.17, 15) is 4.79 Å². The maximum atomic E-state index is 10.8. The Hall–Kier alpha value is -0.570. The number of carbonyl (C=O) groups excluding carboxylic acids is 1. The lowest BCUT2D eigenvalue weighted by Gasteiger charge is -2.20. The molecule has 0 fully saturated rings. The van der Waals surface area contributed by atoms with Gasteiger partial charge in [-0.05, 0) is 0 Å². The zero-order valence-corrected chi connectivity index (χ0v) is 6.30. The Kier molecular flexibility index (Phi) is 2.20. The molecule has 0 saturated heterocycles. The molecule has 0 aromatic carbocycles. The maximum Gasteiger partial charge on any atom is 0.251 e. The van der Waals surface area contributed by atoms with Crippen molar-refractivity contribution >= 4 is 5.91 Å². The van der Waals surface area contributed by atoms with Gasteiger partial charge in [-0.2, -0.15) is 0 Å². The smallest absolute Gasteiger partial charge is 0.251 e. The fourth-order valence-electron chi connectivity index (χ4n) is 0.485. The number of carbonyl (C=O) groups is 1. The zero-order valence-electron chi connectivity index (χ0n) is 6.30.